The van der Waals surface area contributed by atoms with Gasteiger partial charge in [-0.25, -0.2) is 17.9 Å². The van der Waals surface area contributed by atoms with Crippen molar-refractivity contribution in [2.75, 3.05) is 25.0 Å². The van der Waals surface area contributed by atoms with Crippen LogP contribution in [0.2, 0.25) is 0 Å². The van der Waals surface area contributed by atoms with Crippen LogP contribution in [0.1, 0.15) is 6.42 Å². The number of carbonyl (C=O) groups is 2. The number of aliphatic hydroxyl groups excluding tert-OH is 1. The molecular formula is C12H14N5NaO7S. The molecule has 2 N–H and O–H groups in total. The molecule has 1 saturated heterocycles. The van der Waals surface area contributed by atoms with E-state index in [0.717, 1.165) is 0 Å². The Balaban J connectivity index is 0.00000243. The first-order chi connectivity index (χ1) is 11.8. The van der Waals surface area contributed by atoms with Crippen LogP contribution in [-0.4, -0.2) is 75.5 Å². The molecule has 0 spiro atoms. The third kappa shape index (κ3) is 4.62. The molecule has 2 bridgehead atoms. The van der Waals surface area contributed by atoms with Gasteiger partial charge in [-0.15, -0.1) is 0 Å². The zero-order chi connectivity index (χ0) is 18.2. The number of aromatic nitrogens is 2. The van der Waals surface area contributed by atoms with E-state index in [1.54, 1.807) is 12.3 Å². The number of amides is 3. The van der Waals surface area contributed by atoms with E-state index in [4.69, 9.17) is 5.11 Å². The Kier molecular flexibility index (Phi) is 6.44. The first kappa shape index (κ1) is 20.8. The van der Waals surface area contributed by atoms with Crippen molar-refractivity contribution in [2.45, 2.75) is 12.5 Å². The van der Waals surface area contributed by atoms with Gasteiger partial charge in [-0.1, -0.05) is 0 Å². The van der Waals surface area contributed by atoms with Gasteiger partial charge in [-0.3, -0.25) is 4.79 Å². The molecule has 12 nitrogen and oxygen atoms in total. The van der Waals surface area contributed by atoms with E-state index in [2.05, 4.69) is 14.7 Å². The summed E-state index contributed by atoms with van der Waals surface area (Å²) in [6.07, 6.45) is 3.04. The number of hydroxylamine groups is 2. The summed E-state index contributed by atoms with van der Waals surface area (Å²) in [4.78, 5) is 24.8. The Labute approximate surface area is 170 Å². The van der Waals surface area contributed by atoms with Crippen LogP contribution in [0, 0.1) is 0 Å². The average molecular weight is 395 g/mol. The number of rotatable bonds is 6. The molecule has 136 valence electrons. The van der Waals surface area contributed by atoms with Gasteiger partial charge in [0.25, 0.3) is 0 Å². The van der Waals surface area contributed by atoms with Crippen LogP contribution in [0.3, 0.4) is 0 Å². The van der Waals surface area contributed by atoms with E-state index >= 15 is 0 Å². The van der Waals surface area contributed by atoms with Crippen LogP contribution in [0.15, 0.2) is 18.3 Å². The van der Waals surface area contributed by atoms with Crippen LogP contribution in [0.4, 0.5) is 10.6 Å². The van der Waals surface area contributed by atoms with Gasteiger partial charge >= 0.3 is 35.6 Å². The predicted octanol–water partition coefficient (Wildman–Crippen LogP) is -4.44. The zero-order valence-electron chi connectivity index (χ0n) is 13.7. The summed E-state index contributed by atoms with van der Waals surface area (Å²) in [6, 6.07) is 0.0380. The summed E-state index contributed by atoms with van der Waals surface area (Å²) in [6.45, 7) is 0.0217. The quantitative estimate of drug-likeness (QED) is 0.277. The standard InChI is InChI=1S/C12H15N5O7S.Na/c18-4-2-11(19)13-10-1-3-16(14-10)8-5-9-7-15(6-8)12(20)17(9)24-25(21,22)23;/h1,3,5,9,18H,2,4,6-7H2,(H,13,14,19)(H,21,22,23);/q;+1/p-1. The predicted molar refractivity (Wildman–Crippen MR) is 80.2 cm³/mol. The number of urea groups is 1. The molecule has 3 amide bonds. The number of nitrogens with zero attached hydrogens (tertiary/aromatic N) is 4. The Morgan fingerprint density at radius 1 is 1.50 bits per heavy atom. The smallest absolute Gasteiger partial charge is 0.724 e. The molecular weight excluding hydrogens is 381 g/mol. The van der Waals surface area contributed by atoms with Crippen molar-refractivity contribution in [1.29, 1.82) is 0 Å². The van der Waals surface area contributed by atoms with E-state index in [0.29, 0.717) is 10.8 Å². The maximum Gasteiger partial charge on any atom is 1.00 e. The van der Waals surface area contributed by atoms with Crippen molar-refractivity contribution < 1.29 is 61.5 Å². The fraction of sp³-hybridized carbons (Fsp3) is 0.417. The summed E-state index contributed by atoms with van der Waals surface area (Å²) in [5.41, 5.74) is 0.543. The number of fused-ring (bicyclic) bond motifs is 2. The molecule has 14 heteroatoms. The second-order valence-electron chi connectivity index (χ2n) is 5.36. The van der Waals surface area contributed by atoms with Crippen molar-refractivity contribution in [1.82, 2.24) is 19.7 Å². The van der Waals surface area contributed by atoms with Gasteiger partial charge in [-0.2, -0.15) is 14.4 Å². The van der Waals surface area contributed by atoms with Crippen LogP contribution < -0.4 is 34.9 Å². The molecule has 2 aliphatic heterocycles. The van der Waals surface area contributed by atoms with Crippen LogP contribution in [0.25, 0.3) is 5.70 Å². The molecule has 3 heterocycles. The molecule has 3 rings (SSSR count). The van der Waals surface area contributed by atoms with Crippen molar-refractivity contribution in [3.63, 3.8) is 0 Å². The Morgan fingerprint density at radius 2 is 2.23 bits per heavy atom. The van der Waals surface area contributed by atoms with Crippen molar-refractivity contribution >= 4 is 33.9 Å². The van der Waals surface area contributed by atoms with Crippen molar-refractivity contribution in [3.8, 4) is 0 Å². The molecule has 0 aliphatic carbocycles. The molecule has 0 aromatic carbocycles. The van der Waals surface area contributed by atoms with E-state index in [1.807, 2.05) is 0 Å². The van der Waals surface area contributed by atoms with Crippen LogP contribution >= 0.6 is 0 Å². The normalized spacial score (nSPS) is 19.2. The summed E-state index contributed by atoms with van der Waals surface area (Å²) in [7, 11) is -5.07. The van der Waals surface area contributed by atoms with Gasteiger partial charge in [0.05, 0.1) is 25.3 Å². The maximum atomic E-state index is 12.0. The topological polar surface area (TPSA) is 157 Å². The summed E-state index contributed by atoms with van der Waals surface area (Å²) >= 11 is 0. The molecule has 26 heavy (non-hydrogen) atoms. The number of hydrogen-bond acceptors (Lipinski definition) is 8. The van der Waals surface area contributed by atoms with Crippen LogP contribution in [-0.2, 0) is 19.5 Å². The molecule has 1 unspecified atom stereocenters. The number of anilines is 1. The van der Waals surface area contributed by atoms with Gasteiger partial charge in [0.15, 0.2) is 5.82 Å². The average Bonchev–Trinajstić information content (AvgIpc) is 3.06. The summed E-state index contributed by atoms with van der Waals surface area (Å²) in [5, 5.41) is 15.9. The fourth-order valence-electron chi connectivity index (χ4n) is 2.57. The zero-order valence-corrected chi connectivity index (χ0v) is 16.5. The minimum absolute atomic E-state index is 0. The fourth-order valence-corrected chi connectivity index (χ4v) is 2.94. The molecule has 2 aliphatic rings. The van der Waals surface area contributed by atoms with Crippen LogP contribution in [0.5, 0.6) is 0 Å². The molecule has 1 atom stereocenters. The second-order valence-corrected chi connectivity index (χ2v) is 6.33. The SMILES string of the molecule is O=C(CCO)Nc1ccn(C2=CC3CN(C2)C(=O)N3OS(=O)(=O)[O-])n1.[Na+]. The van der Waals surface area contributed by atoms with E-state index in [1.165, 1.54) is 15.6 Å². The van der Waals surface area contributed by atoms with Gasteiger partial charge in [0.1, 0.15) is 6.04 Å². The molecule has 1 aromatic rings. The number of hydrogen-bond donors (Lipinski definition) is 2. The summed E-state index contributed by atoms with van der Waals surface area (Å²) in [5.74, 6) is -0.140. The Hall–Kier alpha value is -1.48. The van der Waals surface area contributed by atoms with Gasteiger partial charge < -0.3 is 19.9 Å². The van der Waals surface area contributed by atoms with Crippen molar-refractivity contribution in [3.05, 3.63) is 18.3 Å². The number of carbonyl (C=O) groups excluding carboxylic acids is 2. The molecule has 0 saturated carbocycles. The third-order valence-corrected chi connectivity index (χ3v) is 3.91. The van der Waals surface area contributed by atoms with E-state index in [-0.39, 0.29) is 61.5 Å². The minimum atomic E-state index is -5.07. The molecule has 1 aromatic heterocycles. The largest absolute Gasteiger partial charge is 1.00 e. The Morgan fingerprint density at radius 3 is 2.88 bits per heavy atom. The van der Waals surface area contributed by atoms with E-state index in [9.17, 15) is 22.6 Å². The third-order valence-electron chi connectivity index (χ3n) is 3.57. The van der Waals surface area contributed by atoms with Gasteiger partial charge in [0, 0.05) is 18.8 Å². The van der Waals surface area contributed by atoms with Crippen molar-refractivity contribution in [2.24, 2.45) is 0 Å². The number of aliphatic hydroxyl groups is 1. The first-order valence-electron chi connectivity index (χ1n) is 7.18. The van der Waals surface area contributed by atoms with Gasteiger partial charge in [-0.05, 0) is 6.08 Å². The molecule has 1 fully saturated rings. The maximum absolute atomic E-state index is 12.0. The molecule has 0 radical (unpaired) electrons. The second kappa shape index (κ2) is 8.04. The van der Waals surface area contributed by atoms with Gasteiger partial charge in [0.2, 0.25) is 16.3 Å². The number of nitrogens with one attached hydrogen (secondary N) is 1. The first-order valence-corrected chi connectivity index (χ1v) is 8.51. The van der Waals surface area contributed by atoms with E-state index < -0.39 is 28.4 Å². The minimum Gasteiger partial charge on any atom is -0.724 e. The Bertz CT molecular complexity index is 839. The monoisotopic (exact) mass is 395 g/mol. The summed E-state index contributed by atoms with van der Waals surface area (Å²) < 4.78 is 37.8.